The number of fused-ring (bicyclic) bond motifs is 1. The first-order chi connectivity index (χ1) is 9.63. The molecule has 6 heteroatoms. The monoisotopic (exact) mass is 273 g/mol. The third kappa shape index (κ3) is 2.36. The first kappa shape index (κ1) is 12.7. The van der Waals surface area contributed by atoms with Crippen molar-refractivity contribution in [2.45, 2.75) is 6.42 Å². The van der Waals surface area contributed by atoms with E-state index in [1.807, 2.05) is 24.3 Å². The molecule has 0 aliphatic carbocycles. The van der Waals surface area contributed by atoms with Crippen LogP contribution in [0.25, 0.3) is 0 Å². The van der Waals surface area contributed by atoms with Gasteiger partial charge < -0.3 is 10.2 Å². The molecule has 0 bridgehead atoms. The molecule has 1 fully saturated rings. The van der Waals surface area contributed by atoms with E-state index in [0.29, 0.717) is 13.0 Å². The number of carbonyl (C=O) groups excluding carboxylic acids is 3. The molecule has 3 amide bonds. The normalized spacial score (nSPS) is 21.8. The Bertz CT molecular complexity index is 569. The van der Waals surface area contributed by atoms with Crippen molar-refractivity contribution in [2.75, 3.05) is 25.0 Å². The molecule has 0 aromatic heterocycles. The maximum Gasteiger partial charge on any atom is 0.246 e. The van der Waals surface area contributed by atoms with Crippen LogP contribution in [0.5, 0.6) is 0 Å². The summed E-state index contributed by atoms with van der Waals surface area (Å²) in [6, 6.07) is 7.84. The molecule has 1 aromatic carbocycles. The van der Waals surface area contributed by atoms with E-state index in [0.717, 1.165) is 11.3 Å². The van der Waals surface area contributed by atoms with Gasteiger partial charge in [-0.2, -0.15) is 0 Å². The lowest BCUT2D eigenvalue weighted by Crippen LogP contribution is -2.55. The highest BCUT2D eigenvalue weighted by Crippen LogP contribution is 2.25. The zero-order chi connectivity index (χ0) is 14.1. The number of anilines is 1. The lowest BCUT2D eigenvalue weighted by Gasteiger charge is -2.32. The lowest BCUT2D eigenvalue weighted by molar-refractivity contribution is -0.147. The molecular formula is C14H15N3O3. The summed E-state index contributed by atoms with van der Waals surface area (Å²) in [5, 5.41) is 5.42. The van der Waals surface area contributed by atoms with Crippen molar-refractivity contribution in [3.63, 3.8) is 0 Å². The lowest BCUT2D eigenvalue weighted by atomic mass is 9.92. The molecule has 2 aliphatic heterocycles. The van der Waals surface area contributed by atoms with Gasteiger partial charge in [0.25, 0.3) is 0 Å². The van der Waals surface area contributed by atoms with Crippen LogP contribution < -0.4 is 10.6 Å². The number of hydrogen-bond acceptors (Lipinski definition) is 4. The van der Waals surface area contributed by atoms with Gasteiger partial charge in [-0.15, -0.1) is 0 Å². The topological polar surface area (TPSA) is 78.5 Å². The molecule has 0 radical (unpaired) electrons. The molecule has 1 unspecified atom stereocenters. The smallest absolute Gasteiger partial charge is 0.246 e. The summed E-state index contributed by atoms with van der Waals surface area (Å²) < 4.78 is 0. The van der Waals surface area contributed by atoms with E-state index < -0.39 is 11.8 Å². The van der Waals surface area contributed by atoms with Gasteiger partial charge in [-0.25, -0.2) is 0 Å². The SMILES string of the molecule is O=C1CN(C(=O)C2CNc3ccccc3C2)CC(=O)N1. The fourth-order valence-corrected chi connectivity index (χ4v) is 2.67. The van der Waals surface area contributed by atoms with Gasteiger partial charge in [0.15, 0.2) is 0 Å². The van der Waals surface area contributed by atoms with Gasteiger partial charge in [0.1, 0.15) is 13.1 Å². The Morgan fingerprint density at radius 1 is 1.15 bits per heavy atom. The number of nitrogens with one attached hydrogen (secondary N) is 2. The molecular weight excluding hydrogens is 258 g/mol. The Kier molecular flexibility index (Phi) is 3.14. The summed E-state index contributed by atoms with van der Waals surface area (Å²) >= 11 is 0. The van der Waals surface area contributed by atoms with Crippen LogP contribution in [0.2, 0.25) is 0 Å². The first-order valence-corrected chi connectivity index (χ1v) is 6.57. The summed E-state index contributed by atoms with van der Waals surface area (Å²) in [6.45, 7) is 0.452. The van der Waals surface area contributed by atoms with Gasteiger partial charge in [0.05, 0.1) is 5.92 Å². The van der Waals surface area contributed by atoms with E-state index >= 15 is 0 Å². The number of carbonyl (C=O) groups is 3. The molecule has 20 heavy (non-hydrogen) atoms. The van der Waals surface area contributed by atoms with Crippen molar-refractivity contribution >= 4 is 23.4 Å². The van der Waals surface area contributed by atoms with Crippen LogP contribution in [0.4, 0.5) is 5.69 Å². The zero-order valence-electron chi connectivity index (χ0n) is 10.9. The van der Waals surface area contributed by atoms with Crippen molar-refractivity contribution < 1.29 is 14.4 Å². The second-order valence-electron chi connectivity index (χ2n) is 5.10. The number of nitrogens with zero attached hydrogens (tertiary/aromatic N) is 1. The van der Waals surface area contributed by atoms with Crippen molar-refractivity contribution in [2.24, 2.45) is 5.92 Å². The Labute approximate surface area is 116 Å². The van der Waals surface area contributed by atoms with Crippen molar-refractivity contribution in [1.29, 1.82) is 0 Å². The minimum atomic E-state index is -0.418. The molecule has 2 heterocycles. The largest absolute Gasteiger partial charge is 0.384 e. The van der Waals surface area contributed by atoms with Crippen molar-refractivity contribution in [3.05, 3.63) is 29.8 Å². The van der Waals surface area contributed by atoms with Crippen LogP contribution in [0, 0.1) is 5.92 Å². The van der Waals surface area contributed by atoms with Crippen LogP contribution in [-0.4, -0.2) is 42.3 Å². The summed E-state index contributed by atoms with van der Waals surface area (Å²) in [7, 11) is 0. The third-order valence-electron chi connectivity index (χ3n) is 3.63. The minimum absolute atomic E-state index is 0.0390. The Balaban J connectivity index is 1.73. The van der Waals surface area contributed by atoms with Crippen molar-refractivity contribution in [1.82, 2.24) is 10.2 Å². The summed E-state index contributed by atoms with van der Waals surface area (Å²) in [6.07, 6.45) is 0.633. The molecule has 2 N–H and O–H groups in total. The molecule has 3 rings (SSSR count). The molecule has 1 aromatic rings. The molecule has 1 saturated heterocycles. The highest BCUT2D eigenvalue weighted by atomic mass is 16.2. The first-order valence-electron chi connectivity index (χ1n) is 6.57. The average Bonchev–Trinajstić information content (AvgIpc) is 2.45. The maximum atomic E-state index is 12.4. The van der Waals surface area contributed by atoms with Gasteiger partial charge in [0.2, 0.25) is 17.7 Å². The Morgan fingerprint density at radius 2 is 1.85 bits per heavy atom. The number of para-hydroxylation sites is 1. The van der Waals surface area contributed by atoms with Crippen LogP contribution in [0.15, 0.2) is 24.3 Å². The maximum absolute atomic E-state index is 12.4. The number of rotatable bonds is 1. The average molecular weight is 273 g/mol. The summed E-state index contributed by atoms with van der Waals surface area (Å²) in [5.41, 5.74) is 2.13. The second kappa shape index (κ2) is 4.96. The van der Waals surface area contributed by atoms with E-state index in [2.05, 4.69) is 10.6 Å². The van der Waals surface area contributed by atoms with E-state index in [9.17, 15) is 14.4 Å². The predicted octanol–water partition coefficient (Wildman–Crippen LogP) is -0.244. The predicted molar refractivity (Wildman–Crippen MR) is 71.9 cm³/mol. The van der Waals surface area contributed by atoms with E-state index in [1.165, 1.54) is 4.90 Å². The van der Waals surface area contributed by atoms with Crippen LogP contribution in [0.1, 0.15) is 5.56 Å². The van der Waals surface area contributed by atoms with Crippen LogP contribution in [0.3, 0.4) is 0 Å². The number of piperazine rings is 1. The number of hydrogen-bond donors (Lipinski definition) is 2. The standard InChI is InChI=1S/C14H15N3O3/c18-12-7-17(8-13(19)16-12)14(20)10-5-9-3-1-2-4-11(9)15-6-10/h1-4,10,15H,5-8H2,(H,16,18,19). The fourth-order valence-electron chi connectivity index (χ4n) is 2.67. The van der Waals surface area contributed by atoms with Gasteiger partial charge in [0, 0.05) is 12.2 Å². The molecule has 2 aliphatic rings. The molecule has 0 spiro atoms. The summed E-state index contributed by atoms with van der Waals surface area (Å²) in [5.74, 6) is -1.21. The number of imide groups is 1. The zero-order valence-corrected chi connectivity index (χ0v) is 10.9. The minimum Gasteiger partial charge on any atom is -0.384 e. The number of benzene rings is 1. The quantitative estimate of drug-likeness (QED) is 0.692. The molecule has 1 atom stereocenters. The fraction of sp³-hybridized carbons (Fsp3) is 0.357. The van der Waals surface area contributed by atoms with Gasteiger partial charge in [-0.1, -0.05) is 18.2 Å². The van der Waals surface area contributed by atoms with Crippen LogP contribution >= 0.6 is 0 Å². The Hall–Kier alpha value is -2.37. The summed E-state index contributed by atoms with van der Waals surface area (Å²) in [4.78, 5) is 36.4. The Morgan fingerprint density at radius 3 is 2.60 bits per heavy atom. The van der Waals surface area contributed by atoms with Gasteiger partial charge in [-0.05, 0) is 18.1 Å². The third-order valence-corrected chi connectivity index (χ3v) is 3.63. The molecule has 0 saturated carbocycles. The molecule has 104 valence electrons. The van der Waals surface area contributed by atoms with Crippen LogP contribution in [-0.2, 0) is 20.8 Å². The van der Waals surface area contributed by atoms with E-state index in [1.54, 1.807) is 0 Å². The van der Waals surface area contributed by atoms with Gasteiger partial charge in [-0.3, -0.25) is 19.7 Å². The second-order valence-corrected chi connectivity index (χ2v) is 5.10. The molecule has 6 nitrogen and oxygen atoms in total. The van der Waals surface area contributed by atoms with Crippen molar-refractivity contribution in [3.8, 4) is 0 Å². The van der Waals surface area contributed by atoms with E-state index in [4.69, 9.17) is 0 Å². The van der Waals surface area contributed by atoms with E-state index in [-0.39, 0.29) is 24.9 Å². The number of amides is 3. The van der Waals surface area contributed by atoms with Gasteiger partial charge >= 0.3 is 0 Å². The highest BCUT2D eigenvalue weighted by Gasteiger charge is 2.32. The highest BCUT2D eigenvalue weighted by molar-refractivity contribution is 6.02.